The Hall–Kier alpha value is -4.60. The Morgan fingerprint density at radius 3 is 2.37 bits per heavy atom. The zero-order chi connectivity index (χ0) is 25.2. The first-order chi connectivity index (χ1) is 16.9. The third kappa shape index (κ3) is 7.46. The molecule has 182 valence electrons. The summed E-state index contributed by atoms with van der Waals surface area (Å²) in [5.74, 6) is -1.30. The molecule has 0 fully saturated rings. The van der Waals surface area contributed by atoms with E-state index in [0.717, 1.165) is 0 Å². The van der Waals surface area contributed by atoms with Crippen molar-refractivity contribution in [1.82, 2.24) is 10.9 Å². The minimum absolute atomic E-state index is 0.0748. The van der Waals surface area contributed by atoms with Crippen molar-refractivity contribution in [2.45, 2.75) is 13.0 Å². The molecule has 3 aromatic rings. The highest BCUT2D eigenvalue weighted by Gasteiger charge is 2.17. The summed E-state index contributed by atoms with van der Waals surface area (Å²) in [5.41, 5.74) is 5.29. The second-order valence-corrected chi connectivity index (χ2v) is 7.23. The van der Waals surface area contributed by atoms with Crippen molar-refractivity contribution in [2.24, 2.45) is 0 Å². The van der Waals surface area contributed by atoms with Gasteiger partial charge in [0, 0.05) is 17.3 Å². The number of hydrogen-bond donors (Lipinski definition) is 3. The fourth-order valence-corrected chi connectivity index (χ4v) is 2.83. The molecule has 0 aliphatic rings. The molecule has 1 unspecified atom stereocenters. The number of para-hydroxylation sites is 1. The minimum Gasteiger partial charge on any atom is -0.497 e. The Morgan fingerprint density at radius 1 is 0.914 bits per heavy atom. The number of rotatable bonds is 9. The SMILES string of the molecule is COc1cccc(NC(=O)COc2ccc(C(=O)NNC(=O)C(C)Oc3ccccc3F)cc2)c1. The molecule has 0 heterocycles. The van der Waals surface area contributed by atoms with Gasteiger partial charge in [-0.05, 0) is 55.5 Å². The van der Waals surface area contributed by atoms with E-state index >= 15 is 0 Å². The van der Waals surface area contributed by atoms with Crippen molar-refractivity contribution in [1.29, 1.82) is 0 Å². The van der Waals surface area contributed by atoms with Crippen LogP contribution in [0.25, 0.3) is 0 Å². The maximum absolute atomic E-state index is 13.6. The van der Waals surface area contributed by atoms with E-state index in [-0.39, 0.29) is 23.8 Å². The Bertz CT molecular complexity index is 1190. The van der Waals surface area contributed by atoms with Gasteiger partial charge in [0.05, 0.1) is 7.11 Å². The summed E-state index contributed by atoms with van der Waals surface area (Å²) in [6.07, 6.45) is -1.05. The van der Waals surface area contributed by atoms with Crippen molar-refractivity contribution in [3.63, 3.8) is 0 Å². The van der Waals surface area contributed by atoms with Gasteiger partial charge in [0.1, 0.15) is 11.5 Å². The molecular formula is C25H24FN3O6. The molecule has 3 aromatic carbocycles. The number of carbonyl (C=O) groups excluding carboxylic acids is 3. The van der Waals surface area contributed by atoms with E-state index in [1.807, 2.05) is 0 Å². The molecular weight excluding hydrogens is 457 g/mol. The quantitative estimate of drug-likeness (QED) is 0.405. The molecule has 0 bridgehead atoms. The lowest BCUT2D eigenvalue weighted by Gasteiger charge is -2.15. The third-order valence-corrected chi connectivity index (χ3v) is 4.65. The lowest BCUT2D eigenvalue weighted by molar-refractivity contribution is -0.128. The van der Waals surface area contributed by atoms with Gasteiger partial charge in [-0.3, -0.25) is 25.2 Å². The maximum atomic E-state index is 13.6. The molecule has 10 heteroatoms. The maximum Gasteiger partial charge on any atom is 0.279 e. The Morgan fingerprint density at radius 2 is 1.66 bits per heavy atom. The average Bonchev–Trinajstić information content (AvgIpc) is 2.87. The molecule has 3 N–H and O–H groups in total. The molecule has 9 nitrogen and oxygen atoms in total. The van der Waals surface area contributed by atoms with Crippen LogP contribution in [0.4, 0.5) is 10.1 Å². The molecule has 0 aromatic heterocycles. The number of hydrogen-bond acceptors (Lipinski definition) is 6. The molecule has 0 spiro atoms. The fraction of sp³-hybridized carbons (Fsp3) is 0.160. The first-order valence-corrected chi connectivity index (χ1v) is 10.5. The number of amides is 3. The van der Waals surface area contributed by atoms with E-state index in [0.29, 0.717) is 17.2 Å². The molecule has 0 saturated heterocycles. The fourth-order valence-electron chi connectivity index (χ4n) is 2.83. The van der Waals surface area contributed by atoms with Crippen molar-refractivity contribution in [3.05, 3.63) is 84.2 Å². The van der Waals surface area contributed by atoms with Crippen LogP contribution in [0, 0.1) is 5.82 Å². The molecule has 3 amide bonds. The number of carbonyl (C=O) groups is 3. The van der Waals surface area contributed by atoms with Crippen LogP contribution < -0.4 is 30.4 Å². The van der Waals surface area contributed by atoms with Gasteiger partial charge in [0.2, 0.25) is 0 Å². The van der Waals surface area contributed by atoms with E-state index in [9.17, 15) is 18.8 Å². The number of halogens is 1. The van der Waals surface area contributed by atoms with Crippen LogP contribution in [-0.4, -0.2) is 37.5 Å². The highest BCUT2D eigenvalue weighted by atomic mass is 19.1. The van der Waals surface area contributed by atoms with E-state index in [1.165, 1.54) is 56.5 Å². The van der Waals surface area contributed by atoms with Gasteiger partial charge in [-0.1, -0.05) is 18.2 Å². The zero-order valence-electron chi connectivity index (χ0n) is 19.0. The normalized spacial score (nSPS) is 11.1. The molecule has 0 aliphatic heterocycles. The monoisotopic (exact) mass is 481 g/mol. The van der Waals surface area contributed by atoms with Crippen LogP contribution in [0.5, 0.6) is 17.2 Å². The van der Waals surface area contributed by atoms with E-state index < -0.39 is 23.7 Å². The number of ether oxygens (including phenoxy) is 3. The standard InChI is InChI=1S/C25H24FN3O6/c1-16(35-22-9-4-3-8-21(22)26)24(31)28-29-25(32)17-10-12-19(13-11-17)34-15-23(30)27-18-6-5-7-20(14-18)33-2/h3-14,16H,15H2,1-2H3,(H,27,30)(H,28,31)(H,29,32). The molecule has 0 aliphatic carbocycles. The van der Waals surface area contributed by atoms with E-state index in [2.05, 4.69) is 16.2 Å². The topological polar surface area (TPSA) is 115 Å². The first-order valence-electron chi connectivity index (χ1n) is 10.5. The molecule has 1 atom stereocenters. The number of hydrazine groups is 1. The van der Waals surface area contributed by atoms with Crippen molar-refractivity contribution >= 4 is 23.4 Å². The number of nitrogens with one attached hydrogen (secondary N) is 3. The Balaban J connectivity index is 1.43. The van der Waals surface area contributed by atoms with Crippen molar-refractivity contribution in [3.8, 4) is 17.2 Å². The molecule has 0 saturated carbocycles. The number of benzene rings is 3. The Labute approximate surface area is 201 Å². The lowest BCUT2D eigenvalue weighted by Crippen LogP contribution is -2.47. The number of methoxy groups -OCH3 is 1. The van der Waals surface area contributed by atoms with Crippen LogP contribution >= 0.6 is 0 Å². The molecule has 0 radical (unpaired) electrons. The van der Waals surface area contributed by atoms with E-state index in [4.69, 9.17) is 14.2 Å². The summed E-state index contributed by atoms with van der Waals surface area (Å²) >= 11 is 0. The minimum atomic E-state index is -1.05. The summed E-state index contributed by atoms with van der Waals surface area (Å²) in [6.45, 7) is 1.18. The predicted octanol–water partition coefficient (Wildman–Crippen LogP) is 3.08. The Kier molecular flexibility index (Phi) is 8.60. The highest BCUT2D eigenvalue weighted by Crippen LogP contribution is 2.18. The highest BCUT2D eigenvalue weighted by molar-refractivity contribution is 5.96. The smallest absolute Gasteiger partial charge is 0.279 e. The van der Waals surface area contributed by atoms with E-state index in [1.54, 1.807) is 30.3 Å². The summed E-state index contributed by atoms with van der Waals surface area (Å²) < 4.78 is 29.4. The van der Waals surface area contributed by atoms with Gasteiger partial charge in [-0.15, -0.1) is 0 Å². The van der Waals surface area contributed by atoms with Crippen LogP contribution in [0.15, 0.2) is 72.8 Å². The third-order valence-electron chi connectivity index (χ3n) is 4.65. The second kappa shape index (κ2) is 12.0. The van der Waals surface area contributed by atoms with Gasteiger partial charge < -0.3 is 19.5 Å². The largest absolute Gasteiger partial charge is 0.497 e. The van der Waals surface area contributed by atoms with Gasteiger partial charge >= 0.3 is 0 Å². The van der Waals surface area contributed by atoms with Gasteiger partial charge in [-0.25, -0.2) is 4.39 Å². The molecule has 35 heavy (non-hydrogen) atoms. The summed E-state index contributed by atoms with van der Waals surface area (Å²) in [7, 11) is 1.53. The zero-order valence-corrected chi connectivity index (χ0v) is 19.0. The molecule has 3 rings (SSSR count). The summed E-state index contributed by atoms with van der Waals surface area (Å²) in [5, 5.41) is 2.69. The van der Waals surface area contributed by atoms with Crippen LogP contribution in [-0.2, 0) is 9.59 Å². The first kappa shape index (κ1) is 25.0. The van der Waals surface area contributed by atoms with Gasteiger partial charge in [0.25, 0.3) is 17.7 Å². The lowest BCUT2D eigenvalue weighted by atomic mass is 10.2. The van der Waals surface area contributed by atoms with Crippen LogP contribution in [0.2, 0.25) is 0 Å². The average molecular weight is 481 g/mol. The van der Waals surface area contributed by atoms with Gasteiger partial charge in [0.15, 0.2) is 24.3 Å². The number of anilines is 1. The van der Waals surface area contributed by atoms with Crippen LogP contribution in [0.3, 0.4) is 0 Å². The van der Waals surface area contributed by atoms with Gasteiger partial charge in [-0.2, -0.15) is 0 Å². The van der Waals surface area contributed by atoms with Crippen molar-refractivity contribution in [2.75, 3.05) is 19.0 Å². The van der Waals surface area contributed by atoms with Crippen LogP contribution in [0.1, 0.15) is 17.3 Å². The summed E-state index contributed by atoms with van der Waals surface area (Å²) in [4.78, 5) is 36.5. The second-order valence-electron chi connectivity index (χ2n) is 7.23. The van der Waals surface area contributed by atoms with Crippen molar-refractivity contribution < 1.29 is 33.0 Å². The summed E-state index contributed by atoms with van der Waals surface area (Å²) in [6, 6.07) is 18.5. The predicted molar refractivity (Wildman–Crippen MR) is 126 cm³/mol.